The molecule has 0 aliphatic carbocycles. The zero-order chi connectivity index (χ0) is 17.8. The van der Waals surface area contributed by atoms with E-state index in [4.69, 9.17) is 4.42 Å². The lowest BCUT2D eigenvalue weighted by Gasteiger charge is -2.14. The van der Waals surface area contributed by atoms with Crippen LogP contribution in [-0.4, -0.2) is 15.7 Å². The molecular formula is C18H16IN3O3. The topological polar surface area (TPSA) is 77.1 Å². The first-order valence-corrected chi connectivity index (χ1v) is 8.78. The Balaban J connectivity index is 1.74. The Labute approximate surface area is 158 Å². The van der Waals surface area contributed by atoms with Crippen LogP contribution in [0.3, 0.4) is 0 Å². The van der Waals surface area contributed by atoms with E-state index < -0.39 is 6.04 Å². The van der Waals surface area contributed by atoms with Crippen LogP contribution in [0.5, 0.6) is 0 Å². The molecule has 3 aromatic rings. The van der Waals surface area contributed by atoms with E-state index in [-0.39, 0.29) is 11.5 Å². The van der Waals surface area contributed by atoms with Gasteiger partial charge in [-0.15, -0.1) is 0 Å². The fourth-order valence-electron chi connectivity index (χ4n) is 2.31. The third-order valence-corrected chi connectivity index (χ3v) is 4.44. The number of carbonyl (C=O) groups excluding carboxylic acids is 1. The Kier molecular flexibility index (Phi) is 5.32. The average molecular weight is 449 g/mol. The van der Waals surface area contributed by atoms with E-state index in [1.807, 2.05) is 24.3 Å². The van der Waals surface area contributed by atoms with E-state index >= 15 is 0 Å². The monoisotopic (exact) mass is 449 g/mol. The zero-order valence-corrected chi connectivity index (χ0v) is 15.6. The molecule has 7 heteroatoms. The van der Waals surface area contributed by atoms with Gasteiger partial charge in [0, 0.05) is 16.2 Å². The van der Waals surface area contributed by atoms with Crippen LogP contribution >= 0.6 is 22.6 Å². The first-order chi connectivity index (χ1) is 12.0. The number of carbonyl (C=O) groups is 1. The summed E-state index contributed by atoms with van der Waals surface area (Å²) >= 11 is 2.23. The lowest BCUT2D eigenvalue weighted by atomic mass is 10.2. The first-order valence-electron chi connectivity index (χ1n) is 7.70. The zero-order valence-electron chi connectivity index (χ0n) is 13.5. The van der Waals surface area contributed by atoms with Gasteiger partial charge in [0.2, 0.25) is 5.91 Å². The lowest BCUT2D eigenvalue weighted by molar-refractivity contribution is -0.124. The third-order valence-electron chi connectivity index (χ3n) is 3.72. The van der Waals surface area contributed by atoms with Crippen LogP contribution in [0, 0.1) is 3.57 Å². The number of nitrogens with one attached hydrogen (secondary N) is 1. The Morgan fingerprint density at radius 1 is 1.24 bits per heavy atom. The van der Waals surface area contributed by atoms with Crippen molar-refractivity contribution in [2.24, 2.45) is 0 Å². The number of aromatic nitrogens is 2. The van der Waals surface area contributed by atoms with Crippen molar-refractivity contribution in [3.63, 3.8) is 0 Å². The van der Waals surface area contributed by atoms with Gasteiger partial charge in [0.05, 0.1) is 6.26 Å². The highest BCUT2D eigenvalue weighted by molar-refractivity contribution is 14.1. The molecule has 1 atom stereocenters. The molecule has 3 rings (SSSR count). The van der Waals surface area contributed by atoms with Gasteiger partial charge < -0.3 is 9.73 Å². The molecule has 0 bridgehead atoms. The highest BCUT2D eigenvalue weighted by atomic mass is 127. The summed E-state index contributed by atoms with van der Waals surface area (Å²) in [6, 6.07) is 13.6. The summed E-state index contributed by atoms with van der Waals surface area (Å²) in [5.41, 5.74) is 1.15. The predicted octanol–water partition coefficient (Wildman–Crippen LogP) is 2.99. The van der Waals surface area contributed by atoms with Crippen molar-refractivity contribution in [2.75, 3.05) is 0 Å². The molecule has 0 aliphatic heterocycles. The minimum atomic E-state index is -0.730. The molecule has 1 N–H and O–H groups in total. The van der Waals surface area contributed by atoms with Gasteiger partial charge in [-0.3, -0.25) is 9.59 Å². The highest BCUT2D eigenvalue weighted by Crippen LogP contribution is 2.16. The molecule has 0 saturated heterocycles. The minimum absolute atomic E-state index is 0.273. The van der Waals surface area contributed by atoms with E-state index in [9.17, 15) is 9.59 Å². The first kappa shape index (κ1) is 17.4. The van der Waals surface area contributed by atoms with Gasteiger partial charge in [0.15, 0.2) is 5.76 Å². The van der Waals surface area contributed by atoms with E-state index in [0.29, 0.717) is 18.0 Å². The summed E-state index contributed by atoms with van der Waals surface area (Å²) in [6.07, 6.45) is 1.53. The molecule has 0 radical (unpaired) electrons. The standard InChI is InChI=1S/C18H16IN3O3/c1-12(18(24)20-11-13-4-6-14(19)7-5-13)22-17(23)9-8-15(21-22)16-3-2-10-25-16/h2-10,12H,11H2,1H3,(H,20,24). The number of hydrogen-bond donors (Lipinski definition) is 1. The largest absolute Gasteiger partial charge is 0.463 e. The number of hydrogen-bond acceptors (Lipinski definition) is 4. The molecule has 2 heterocycles. The molecule has 1 aromatic carbocycles. The van der Waals surface area contributed by atoms with Gasteiger partial charge in [-0.1, -0.05) is 12.1 Å². The number of furan rings is 1. The number of nitrogens with zero attached hydrogens (tertiary/aromatic N) is 2. The van der Waals surface area contributed by atoms with Gasteiger partial charge >= 0.3 is 0 Å². The van der Waals surface area contributed by atoms with Crippen LogP contribution < -0.4 is 10.9 Å². The van der Waals surface area contributed by atoms with Crippen molar-refractivity contribution in [3.05, 3.63) is 74.3 Å². The van der Waals surface area contributed by atoms with Gasteiger partial charge in [-0.2, -0.15) is 5.10 Å². The Morgan fingerprint density at radius 2 is 2.00 bits per heavy atom. The SMILES string of the molecule is CC(C(=O)NCc1ccc(I)cc1)n1nc(-c2ccco2)ccc1=O. The molecule has 128 valence electrons. The smallest absolute Gasteiger partial charge is 0.267 e. The number of rotatable bonds is 5. The second kappa shape index (κ2) is 7.64. The van der Waals surface area contributed by atoms with Gasteiger partial charge in [0.25, 0.3) is 5.56 Å². The van der Waals surface area contributed by atoms with Crippen molar-refractivity contribution >= 4 is 28.5 Å². The summed E-state index contributed by atoms with van der Waals surface area (Å²) in [5, 5.41) is 7.08. The van der Waals surface area contributed by atoms with Crippen molar-refractivity contribution in [1.82, 2.24) is 15.1 Å². The number of amides is 1. The van der Waals surface area contributed by atoms with Crippen molar-refractivity contribution in [3.8, 4) is 11.5 Å². The molecule has 0 aliphatic rings. The average Bonchev–Trinajstić information content (AvgIpc) is 3.15. The van der Waals surface area contributed by atoms with E-state index in [1.54, 1.807) is 25.1 Å². The van der Waals surface area contributed by atoms with Crippen molar-refractivity contribution in [2.45, 2.75) is 19.5 Å². The van der Waals surface area contributed by atoms with E-state index in [1.165, 1.54) is 17.0 Å². The van der Waals surface area contributed by atoms with Crippen LogP contribution in [0.4, 0.5) is 0 Å². The molecule has 25 heavy (non-hydrogen) atoms. The lowest BCUT2D eigenvalue weighted by Crippen LogP contribution is -2.36. The number of benzene rings is 1. The van der Waals surface area contributed by atoms with E-state index in [0.717, 1.165) is 9.13 Å². The summed E-state index contributed by atoms with van der Waals surface area (Å²) in [6.45, 7) is 2.04. The second-order valence-electron chi connectivity index (χ2n) is 5.50. The quantitative estimate of drug-likeness (QED) is 0.608. The molecule has 0 saturated carbocycles. The van der Waals surface area contributed by atoms with Crippen molar-refractivity contribution in [1.29, 1.82) is 0 Å². The summed E-state index contributed by atoms with van der Waals surface area (Å²) < 4.78 is 7.59. The fraction of sp³-hybridized carbons (Fsp3) is 0.167. The maximum absolute atomic E-state index is 12.4. The van der Waals surface area contributed by atoms with Crippen LogP contribution in [0.1, 0.15) is 18.5 Å². The van der Waals surface area contributed by atoms with Crippen LogP contribution in [0.15, 0.2) is 64.0 Å². The Hall–Kier alpha value is -2.42. The molecule has 1 unspecified atom stereocenters. The van der Waals surface area contributed by atoms with Crippen LogP contribution in [0.2, 0.25) is 0 Å². The van der Waals surface area contributed by atoms with Gasteiger partial charge in [0.1, 0.15) is 11.7 Å². The molecule has 0 fully saturated rings. The Bertz CT molecular complexity index is 917. The molecule has 2 aromatic heterocycles. The summed E-state index contributed by atoms with van der Waals surface area (Å²) in [4.78, 5) is 24.5. The second-order valence-corrected chi connectivity index (χ2v) is 6.74. The van der Waals surface area contributed by atoms with Crippen LogP contribution in [-0.2, 0) is 11.3 Å². The maximum Gasteiger partial charge on any atom is 0.267 e. The molecule has 0 spiro atoms. The van der Waals surface area contributed by atoms with Crippen LogP contribution in [0.25, 0.3) is 11.5 Å². The highest BCUT2D eigenvalue weighted by Gasteiger charge is 2.18. The Morgan fingerprint density at radius 3 is 2.68 bits per heavy atom. The molecular weight excluding hydrogens is 433 g/mol. The van der Waals surface area contributed by atoms with Crippen molar-refractivity contribution < 1.29 is 9.21 Å². The normalized spacial score (nSPS) is 11.9. The van der Waals surface area contributed by atoms with Gasteiger partial charge in [-0.25, -0.2) is 4.68 Å². The minimum Gasteiger partial charge on any atom is -0.463 e. The van der Waals surface area contributed by atoms with E-state index in [2.05, 4.69) is 33.0 Å². The fourth-order valence-corrected chi connectivity index (χ4v) is 2.67. The third kappa shape index (κ3) is 4.16. The molecule has 1 amide bonds. The van der Waals surface area contributed by atoms with Gasteiger partial charge in [-0.05, 0) is 65.4 Å². The summed E-state index contributed by atoms with van der Waals surface area (Å²) in [5.74, 6) is 0.269. The molecule has 6 nitrogen and oxygen atoms in total. The predicted molar refractivity (Wildman–Crippen MR) is 102 cm³/mol. The maximum atomic E-state index is 12.4. The number of halogens is 1. The summed E-state index contributed by atoms with van der Waals surface area (Å²) in [7, 11) is 0.